The Bertz CT molecular complexity index is 1390. The summed E-state index contributed by atoms with van der Waals surface area (Å²) in [5, 5.41) is 20.4. The Morgan fingerprint density at radius 3 is 2.24 bits per heavy atom. The third-order valence-electron chi connectivity index (χ3n) is 4.86. The predicted octanol–water partition coefficient (Wildman–Crippen LogP) is 3.99. The Labute approximate surface area is 193 Å². The van der Waals surface area contributed by atoms with E-state index in [-0.39, 0.29) is 23.3 Å². The molecular formula is C25H20N2O7. The second-order valence-corrected chi connectivity index (χ2v) is 7.27. The van der Waals surface area contributed by atoms with Crippen LogP contribution in [0.25, 0.3) is 10.9 Å². The van der Waals surface area contributed by atoms with Crippen LogP contribution < -0.4 is 10.3 Å². The summed E-state index contributed by atoms with van der Waals surface area (Å²) in [7, 11) is 0. The van der Waals surface area contributed by atoms with Crippen molar-refractivity contribution in [3.05, 3.63) is 101 Å². The van der Waals surface area contributed by atoms with Gasteiger partial charge >= 0.3 is 12.0 Å². The third-order valence-corrected chi connectivity index (χ3v) is 4.86. The van der Waals surface area contributed by atoms with E-state index in [4.69, 9.17) is 9.57 Å². The molecule has 0 aliphatic heterocycles. The molecule has 3 aromatic carbocycles. The van der Waals surface area contributed by atoms with E-state index >= 15 is 0 Å². The van der Waals surface area contributed by atoms with Gasteiger partial charge in [0.25, 0.3) is 5.56 Å². The van der Waals surface area contributed by atoms with Gasteiger partial charge in [-0.1, -0.05) is 48.5 Å². The zero-order valence-electron chi connectivity index (χ0n) is 17.8. The highest BCUT2D eigenvalue weighted by molar-refractivity contribution is 5.94. The molecule has 0 saturated carbocycles. The molecule has 34 heavy (non-hydrogen) atoms. The summed E-state index contributed by atoms with van der Waals surface area (Å²) in [5.74, 6) is -0.740. The third kappa shape index (κ3) is 5.05. The average Bonchev–Trinajstić information content (AvgIpc) is 2.83. The van der Waals surface area contributed by atoms with E-state index in [1.807, 2.05) is 12.1 Å². The first-order valence-electron chi connectivity index (χ1n) is 10.2. The lowest BCUT2D eigenvalue weighted by atomic mass is 10.2. The maximum atomic E-state index is 13.2. The quantitative estimate of drug-likeness (QED) is 0.401. The molecule has 0 saturated heterocycles. The highest BCUT2D eigenvalue weighted by atomic mass is 16.7. The van der Waals surface area contributed by atoms with Crippen molar-refractivity contribution in [2.24, 2.45) is 0 Å². The van der Waals surface area contributed by atoms with Crippen molar-refractivity contribution < 1.29 is 29.4 Å². The Hall–Kier alpha value is -4.63. The monoisotopic (exact) mass is 460 g/mol. The van der Waals surface area contributed by atoms with Crippen molar-refractivity contribution in [1.82, 2.24) is 9.63 Å². The van der Waals surface area contributed by atoms with Crippen LogP contribution in [0.15, 0.2) is 89.7 Å². The summed E-state index contributed by atoms with van der Waals surface area (Å²) in [6.07, 6.45) is 0. The number of para-hydroxylation sites is 1. The minimum Gasteiger partial charge on any atom is -0.507 e. The Morgan fingerprint density at radius 1 is 0.882 bits per heavy atom. The lowest BCUT2D eigenvalue weighted by Crippen LogP contribution is -2.42. The first-order chi connectivity index (χ1) is 16.4. The van der Waals surface area contributed by atoms with E-state index in [0.717, 1.165) is 10.6 Å². The van der Waals surface area contributed by atoms with Crippen LogP contribution in [-0.2, 0) is 16.2 Å². The van der Waals surface area contributed by atoms with Gasteiger partial charge in [0.05, 0.1) is 5.52 Å². The van der Waals surface area contributed by atoms with Crippen LogP contribution in [0.2, 0.25) is 0 Å². The Kier molecular flexibility index (Phi) is 6.56. The fourth-order valence-electron chi connectivity index (χ4n) is 3.31. The van der Waals surface area contributed by atoms with Gasteiger partial charge in [0.2, 0.25) is 0 Å². The Morgan fingerprint density at radius 2 is 1.56 bits per heavy atom. The van der Waals surface area contributed by atoms with Crippen molar-refractivity contribution in [2.45, 2.75) is 6.61 Å². The number of carbonyl (C=O) groups excluding carboxylic acids is 1. The highest BCUT2D eigenvalue weighted by Crippen LogP contribution is 2.29. The standard InChI is InChI=1S/C25H20N2O7/c28-22-14-23(29)27(21-12-11-19(13-20(21)22)34-18-9-5-2-6-10-18)25(32)26(15-24(30)31)33-16-17-7-3-1-4-8-17/h1-14,28H,15-16H2,(H,30,31). The lowest BCUT2D eigenvalue weighted by Gasteiger charge is -2.22. The van der Waals surface area contributed by atoms with Gasteiger partial charge in [-0.15, -0.1) is 0 Å². The molecule has 9 heteroatoms. The minimum absolute atomic E-state index is 0.0640. The SMILES string of the molecule is O=C(O)CN(OCc1ccccc1)C(=O)n1c(=O)cc(O)c2cc(Oc3ccccc3)ccc21. The zero-order valence-corrected chi connectivity index (χ0v) is 17.8. The Balaban J connectivity index is 1.69. The van der Waals surface area contributed by atoms with Gasteiger partial charge in [-0.25, -0.2) is 9.36 Å². The van der Waals surface area contributed by atoms with Crippen molar-refractivity contribution in [1.29, 1.82) is 0 Å². The number of benzene rings is 3. The smallest absolute Gasteiger partial charge is 0.356 e. The van der Waals surface area contributed by atoms with E-state index < -0.39 is 24.1 Å². The van der Waals surface area contributed by atoms with Gasteiger partial charge in [-0.2, -0.15) is 5.06 Å². The molecule has 4 rings (SSSR count). The number of carboxylic acids is 1. The van der Waals surface area contributed by atoms with Gasteiger partial charge < -0.3 is 14.9 Å². The summed E-state index contributed by atoms with van der Waals surface area (Å²) in [6.45, 7) is -0.880. The molecule has 0 aliphatic rings. The van der Waals surface area contributed by atoms with Crippen LogP contribution in [0.3, 0.4) is 0 Å². The molecule has 0 atom stereocenters. The molecule has 2 N–H and O–H groups in total. The number of hydrogen-bond donors (Lipinski definition) is 2. The van der Waals surface area contributed by atoms with Crippen molar-refractivity contribution in [3.8, 4) is 17.2 Å². The van der Waals surface area contributed by atoms with Gasteiger partial charge in [0.15, 0.2) is 0 Å². The van der Waals surface area contributed by atoms with Crippen molar-refractivity contribution in [3.63, 3.8) is 0 Å². The average molecular weight is 460 g/mol. The van der Waals surface area contributed by atoms with Crippen LogP contribution in [0.4, 0.5) is 4.79 Å². The van der Waals surface area contributed by atoms with Crippen LogP contribution in [0.1, 0.15) is 5.56 Å². The fourth-order valence-corrected chi connectivity index (χ4v) is 3.31. The number of pyridine rings is 1. The topological polar surface area (TPSA) is 118 Å². The molecule has 0 unspecified atom stereocenters. The number of aliphatic carboxylic acids is 1. The first-order valence-corrected chi connectivity index (χ1v) is 10.2. The molecule has 4 aromatic rings. The number of carboxylic acid groups (broad SMARTS) is 1. The van der Waals surface area contributed by atoms with E-state index in [1.165, 1.54) is 18.2 Å². The number of aromatic hydroxyl groups is 1. The number of amides is 1. The number of rotatable bonds is 7. The molecule has 172 valence electrons. The number of carbonyl (C=O) groups is 2. The number of ether oxygens (including phenoxy) is 1. The van der Waals surface area contributed by atoms with E-state index in [1.54, 1.807) is 48.5 Å². The van der Waals surface area contributed by atoms with Crippen LogP contribution >= 0.6 is 0 Å². The number of nitrogens with zero attached hydrogens (tertiary/aromatic N) is 2. The lowest BCUT2D eigenvalue weighted by molar-refractivity contribution is -0.160. The molecule has 1 amide bonds. The second-order valence-electron chi connectivity index (χ2n) is 7.27. The number of hydroxylamine groups is 2. The maximum Gasteiger partial charge on any atom is 0.356 e. The summed E-state index contributed by atoms with van der Waals surface area (Å²) in [6, 6.07) is 22.1. The van der Waals surface area contributed by atoms with E-state index in [0.29, 0.717) is 22.1 Å². The number of hydrogen-bond acceptors (Lipinski definition) is 6. The molecule has 1 aromatic heterocycles. The van der Waals surface area contributed by atoms with Crippen LogP contribution in [-0.4, -0.2) is 38.4 Å². The van der Waals surface area contributed by atoms with Gasteiger partial charge in [0.1, 0.15) is 30.4 Å². The first kappa shape index (κ1) is 22.6. The van der Waals surface area contributed by atoms with Crippen molar-refractivity contribution in [2.75, 3.05) is 6.54 Å². The van der Waals surface area contributed by atoms with E-state index in [9.17, 15) is 24.6 Å². The van der Waals surface area contributed by atoms with Crippen LogP contribution in [0, 0.1) is 0 Å². The van der Waals surface area contributed by atoms with Crippen LogP contribution in [0.5, 0.6) is 17.2 Å². The zero-order chi connectivity index (χ0) is 24.1. The molecule has 0 aliphatic carbocycles. The molecule has 9 nitrogen and oxygen atoms in total. The minimum atomic E-state index is -1.32. The van der Waals surface area contributed by atoms with Gasteiger partial charge in [-0.05, 0) is 35.9 Å². The summed E-state index contributed by atoms with van der Waals surface area (Å²) in [4.78, 5) is 42.7. The second kappa shape index (κ2) is 9.88. The summed E-state index contributed by atoms with van der Waals surface area (Å²) >= 11 is 0. The highest BCUT2D eigenvalue weighted by Gasteiger charge is 2.24. The normalized spacial score (nSPS) is 10.7. The molecule has 0 radical (unpaired) electrons. The number of aromatic nitrogens is 1. The maximum absolute atomic E-state index is 13.2. The van der Waals surface area contributed by atoms with Gasteiger partial charge in [0, 0.05) is 11.5 Å². The van der Waals surface area contributed by atoms with E-state index in [2.05, 4.69) is 0 Å². The van der Waals surface area contributed by atoms with Crippen molar-refractivity contribution >= 4 is 22.9 Å². The number of fused-ring (bicyclic) bond motifs is 1. The molecule has 0 fully saturated rings. The molecule has 1 heterocycles. The molecular weight excluding hydrogens is 440 g/mol. The summed E-state index contributed by atoms with van der Waals surface area (Å²) in [5.41, 5.74) is -0.0733. The largest absolute Gasteiger partial charge is 0.507 e. The molecule has 0 spiro atoms. The van der Waals surface area contributed by atoms with Gasteiger partial charge in [-0.3, -0.25) is 14.4 Å². The predicted molar refractivity (Wildman–Crippen MR) is 123 cm³/mol. The summed E-state index contributed by atoms with van der Waals surface area (Å²) < 4.78 is 6.51. The molecule has 0 bridgehead atoms. The fraction of sp³-hybridized carbons (Fsp3) is 0.0800.